The van der Waals surface area contributed by atoms with Crippen LogP contribution in [-0.2, 0) is 14.3 Å². The van der Waals surface area contributed by atoms with Gasteiger partial charge in [-0.1, -0.05) is 168 Å². The van der Waals surface area contributed by atoms with Crippen molar-refractivity contribution in [2.24, 2.45) is 0 Å². The number of amides is 1. The van der Waals surface area contributed by atoms with Crippen LogP contribution in [0.15, 0.2) is 0 Å². The number of hydrogen-bond donors (Lipinski definition) is 7. The van der Waals surface area contributed by atoms with Crippen molar-refractivity contribution in [3.05, 3.63) is 0 Å². The molecule has 0 aliphatic carbocycles. The molecule has 0 aromatic carbocycles. The number of hydrogen-bond acceptors (Lipinski definition) is 9. The maximum absolute atomic E-state index is 12.9. The molecule has 10 heteroatoms. The van der Waals surface area contributed by atoms with E-state index in [0.717, 1.165) is 51.4 Å². The molecule has 7 N–H and O–H groups in total. The number of aliphatic hydroxyl groups excluding tert-OH is 6. The zero-order valence-corrected chi connectivity index (χ0v) is 32.0. The molecule has 0 aromatic rings. The SMILES string of the molecule is CCCCCCCCCCCCCCCCCC(=O)N[C@@H](CO[C@@H]1O[C@H](CO)[C@H](O)C(O)C1O)[C@H](O)[C@H](O)CCCCCCCCCCCC. The third kappa shape index (κ3) is 22.3. The lowest BCUT2D eigenvalue weighted by molar-refractivity contribution is -0.303. The number of carbonyl (C=O) groups is 1. The van der Waals surface area contributed by atoms with Gasteiger partial charge in [0.25, 0.3) is 0 Å². The Morgan fingerprint density at radius 1 is 0.620 bits per heavy atom. The Bertz CT molecular complexity index is 773. The van der Waals surface area contributed by atoms with E-state index in [1.54, 1.807) is 0 Å². The van der Waals surface area contributed by atoms with Crippen molar-refractivity contribution in [2.75, 3.05) is 13.2 Å². The first-order valence-electron chi connectivity index (χ1n) is 20.8. The molecular weight excluding hydrogens is 638 g/mol. The predicted molar refractivity (Wildman–Crippen MR) is 200 cm³/mol. The van der Waals surface area contributed by atoms with Crippen molar-refractivity contribution in [1.29, 1.82) is 0 Å². The molecular formula is C40H79NO9. The molecule has 0 radical (unpaired) electrons. The molecule has 8 atom stereocenters. The van der Waals surface area contributed by atoms with Crippen LogP contribution in [0.1, 0.15) is 187 Å². The number of aliphatic hydroxyl groups is 6. The second kappa shape index (κ2) is 31.7. The van der Waals surface area contributed by atoms with Crippen LogP contribution in [0.25, 0.3) is 0 Å². The van der Waals surface area contributed by atoms with Crippen LogP contribution < -0.4 is 5.32 Å². The topological polar surface area (TPSA) is 169 Å². The van der Waals surface area contributed by atoms with Gasteiger partial charge in [-0.3, -0.25) is 4.79 Å². The van der Waals surface area contributed by atoms with Gasteiger partial charge >= 0.3 is 0 Å². The standard InChI is InChI=1S/C40H79NO9/c1-3-5-7-9-11-13-15-16-17-18-19-21-23-25-27-29-35(44)41-32(31-49-40-39(48)38(47)37(46)34(30-42)50-40)36(45)33(43)28-26-24-22-20-14-12-10-8-6-4-2/h32-34,36-40,42-43,45-48H,3-31H2,1-2H3,(H,41,44)/t32-,33+,34+,36-,37-,38?,39?,40+/m0/s1. The summed E-state index contributed by atoms with van der Waals surface area (Å²) < 4.78 is 11.1. The Hall–Kier alpha value is -0.850. The molecule has 1 aliphatic heterocycles. The minimum Gasteiger partial charge on any atom is -0.394 e. The molecule has 1 heterocycles. The van der Waals surface area contributed by atoms with E-state index in [4.69, 9.17) is 9.47 Å². The van der Waals surface area contributed by atoms with Crippen LogP contribution in [0.4, 0.5) is 0 Å². The molecule has 1 aliphatic rings. The Labute approximate surface area is 305 Å². The average molecular weight is 718 g/mol. The van der Waals surface area contributed by atoms with Gasteiger partial charge in [-0.15, -0.1) is 0 Å². The normalized spacial score (nSPS) is 22.8. The number of ether oxygens (including phenoxy) is 2. The Kier molecular flexibility index (Phi) is 29.9. The van der Waals surface area contributed by atoms with Crippen LogP contribution in [-0.4, -0.2) is 98.7 Å². The van der Waals surface area contributed by atoms with Gasteiger partial charge in [0, 0.05) is 6.42 Å². The molecule has 50 heavy (non-hydrogen) atoms. The lowest BCUT2D eigenvalue weighted by Gasteiger charge is -2.40. The number of carbonyl (C=O) groups excluding carboxylic acids is 1. The third-order valence-corrected chi connectivity index (χ3v) is 10.3. The first-order valence-corrected chi connectivity index (χ1v) is 20.8. The summed E-state index contributed by atoms with van der Waals surface area (Å²) in [6.07, 6.45) is 21.1. The molecule has 0 aromatic heterocycles. The van der Waals surface area contributed by atoms with Gasteiger partial charge in [0.1, 0.15) is 30.5 Å². The van der Waals surface area contributed by atoms with Crippen LogP contribution >= 0.6 is 0 Å². The Morgan fingerprint density at radius 2 is 1.04 bits per heavy atom. The van der Waals surface area contributed by atoms with Crippen LogP contribution in [0.3, 0.4) is 0 Å². The highest BCUT2D eigenvalue weighted by Gasteiger charge is 2.44. The average Bonchev–Trinajstić information content (AvgIpc) is 3.11. The molecule has 0 spiro atoms. The van der Waals surface area contributed by atoms with Crippen molar-refractivity contribution >= 4 is 5.91 Å². The van der Waals surface area contributed by atoms with E-state index < -0.39 is 55.6 Å². The van der Waals surface area contributed by atoms with E-state index in [9.17, 15) is 35.4 Å². The van der Waals surface area contributed by atoms with Gasteiger partial charge in [-0.05, 0) is 12.8 Å². The van der Waals surface area contributed by atoms with Gasteiger partial charge in [-0.2, -0.15) is 0 Å². The van der Waals surface area contributed by atoms with Gasteiger partial charge in [0.05, 0.1) is 25.4 Å². The molecule has 2 unspecified atom stereocenters. The van der Waals surface area contributed by atoms with Crippen molar-refractivity contribution < 1.29 is 44.9 Å². The maximum atomic E-state index is 12.9. The second-order valence-electron chi connectivity index (χ2n) is 14.9. The lowest BCUT2D eigenvalue weighted by atomic mass is 9.98. The summed E-state index contributed by atoms with van der Waals surface area (Å²) >= 11 is 0. The molecule has 0 saturated carbocycles. The van der Waals surface area contributed by atoms with Crippen LogP contribution in [0, 0.1) is 0 Å². The van der Waals surface area contributed by atoms with Gasteiger partial charge in [0.15, 0.2) is 6.29 Å². The zero-order chi connectivity index (χ0) is 36.8. The largest absolute Gasteiger partial charge is 0.394 e. The monoisotopic (exact) mass is 718 g/mol. The van der Waals surface area contributed by atoms with Crippen molar-refractivity contribution in [1.82, 2.24) is 5.32 Å². The van der Waals surface area contributed by atoms with E-state index in [-0.39, 0.29) is 18.9 Å². The zero-order valence-electron chi connectivity index (χ0n) is 32.0. The summed E-state index contributed by atoms with van der Waals surface area (Å²) in [5.41, 5.74) is 0. The van der Waals surface area contributed by atoms with Gasteiger partial charge in [0.2, 0.25) is 5.91 Å². The molecule has 1 fully saturated rings. The molecule has 1 saturated heterocycles. The lowest BCUT2D eigenvalue weighted by Crippen LogP contribution is -2.60. The first-order chi connectivity index (χ1) is 24.3. The summed E-state index contributed by atoms with van der Waals surface area (Å²) in [6.45, 7) is 3.58. The quantitative estimate of drug-likeness (QED) is 0.0364. The fourth-order valence-electron chi connectivity index (χ4n) is 6.84. The minimum absolute atomic E-state index is 0.257. The third-order valence-electron chi connectivity index (χ3n) is 10.3. The Balaban J connectivity index is 2.43. The fourth-order valence-corrected chi connectivity index (χ4v) is 6.84. The minimum atomic E-state index is -1.60. The molecule has 1 rings (SSSR count). The van der Waals surface area contributed by atoms with Crippen molar-refractivity contribution in [2.45, 2.75) is 236 Å². The highest BCUT2D eigenvalue weighted by Crippen LogP contribution is 2.23. The van der Waals surface area contributed by atoms with Crippen molar-refractivity contribution in [3.63, 3.8) is 0 Å². The number of unbranched alkanes of at least 4 members (excludes halogenated alkanes) is 23. The highest BCUT2D eigenvalue weighted by molar-refractivity contribution is 5.76. The van der Waals surface area contributed by atoms with Crippen molar-refractivity contribution in [3.8, 4) is 0 Å². The summed E-state index contributed by atoms with van der Waals surface area (Å²) in [4.78, 5) is 12.9. The predicted octanol–water partition coefficient (Wildman–Crippen LogP) is 6.58. The number of rotatable bonds is 34. The van der Waals surface area contributed by atoms with E-state index in [1.807, 2.05) is 0 Å². The highest BCUT2D eigenvalue weighted by atomic mass is 16.7. The Morgan fingerprint density at radius 3 is 1.48 bits per heavy atom. The van der Waals surface area contributed by atoms with E-state index in [1.165, 1.54) is 109 Å². The molecule has 10 nitrogen and oxygen atoms in total. The molecule has 0 bridgehead atoms. The first kappa shape index (κ1) is 47.2. The van der Waals surface area contributed by atoms with Crippen LogP contribution in [0.5, 0.6) is 0 Å². The maximum Gasteiger partial charge on any atom is 0.220 e. The summed E-state index contributed by atoms with van der Waals surface area (Å²) in [5, 5.41) is 64.8. The van der Waals surface area contributed by atoms with E-state index >= 15 is 0 Å². The van der Waals surface area contributed by atoms with Gasteiger partial charge in [-0.25, -0.2) is 0 Å². The summed E-state index contributed by atoms with van der Waals surface area (Å²) in [5.74, 6) is -0.257. The van der Waals surface area contributed by atoms with E-state index in [0.29, 0.717) is 6.42 Å². The number of nitrogens with one attached hydrogen (secondary N) is 1. The fraction of sp³-hybridized carbons (Fsp3) is 0.975. The summed E-state index contributed by atoms with van der Waals surface area (Å²) in [6, 6.07) is -0.982. The van der Waals surface area contributed by atoms with Gasteiger partial charge < -0.3 is 45.4 Å². The molecule has 298 valence electrons. The summed E-state index contributed by atoms with van der Waals surface area (Å²) in [7, 11) is 0. The second-order valence-corrected chi connectivity index (χ2v) is 14.9. The molecule has 1 amide bonds. The van der Waals surface area contributed by atoms with E-state index in [2.05, 4.69) is 19.2 Å². The van der Waals surface area contributed by atoms with Crippen LogP contribution in [0.2, 0.25) is 0 Å². The smallest absolute Gasteiger partial charge is 0.220 e.